The minimum atomic E-state index is 0.674. The fourth-order valence-electron chi connectivity index (χ4n) is 10.4. The Bertz CT molecular complexity index is 3620. The zero-order valence-corrected chi connectivity index (χ0v) is 31.7. The maximum atomic E-state index is 10.5. The summed E-state index contributed by atoms with van der Waals surface area (Å²) in [6, 6.07) is 55.9. The van der Waals surface area contributed by atoms with Crippen molar-refractivity contribution in [2.75, 3.05) is 0 Å². The summed E-state index contributed by atoms with van der Waals surface area (Å²) in [6.45, 7) is 6.41. The van der Waals surface area contributed by atoms with Gasteiger partial charge in [-0.25, -0.2) is 0 Å². The molecule has 2 nitrogen and oxygen atoms in total. The highest BCUT2D eigenvalue weighted by atomic mass is 14.3. The van der Waals surface area contributed by atoms with Crippen molar-refractivity contribution in [3.8, 4) is 78.9 Å². The van der Waals surface area contributed by atoms with E-state index in [4.69, 9.17) is 0 Å². The highest BCUT2D eigenvalue weighted by molar-refractivity contribution is 6.30. The van der Waals surface area contributed by atoms with Gasteiger partial charge in [-0.3, -0.25) is 0 Å². The molecule has 10 aromatic rings. The van der Waals surface area contributed by atoms with E-state index in [1.165, 1.54) is 82.4 Å². The van der Waals surface area contributed by atoms with Crippen LogP contribution in [0.2, 0.25) is 0 Å². The number of nitrogens with zero attached hydrogens (tertiary/aromatic N) is 2. The van der Waals surface area contributed by atoms with Crippen LogP contribution in [-0.4, -0.2) is 0 Å². The molecule has 0 atom stereocenters. The number of fused-ring (bicyclic) bond motifs is 11. The molecule has 0 heterocycles. The molecular formula is C55H32N2. The van der Waals surface area contributed by atoms with E-state index < -0.39 is 0 Å². The molecule has 12 rings (SSSR count). The molecule has 0 saturated carbocycles. The Morgan fingerprint density at radius 3 is 1.39 bits per heavy atom. The van der Waals surface area contributed by atoms with Gasteiger partial charge < -0.3 is 0 Å². The van der Waals surface area contributed by atoms with Gasteiger partial charge in [-0.1, -0.05) is 126 Å². The van der Waals surface area contributed by atoms with Crippen LogP contribution in [0.5, 0.6) is 0 Å². The third kappa shape index (κ3) is 4.12. The summed E-state index contributed by atoms with van der Waals surface area (Å²) in [4.78, 5) is 0. The molecule has 10 aromatic carbocycles. The van der Waals surface area contributed by atoms with Crippen molar-refractivity contribution in [3.63, 3.8) is 0 Å². The topological polar surface area (TPSA) is 47.6 Å². The van der Waals surface area contributed by atoms with Crippen LogP contribution in [0.3, 0.4) is 0 Å². The fraction of sp³-hybridized carbons (Fsp3) is 0.0545. The molecule has 0 fully saturated rings. The number of nitriles is 2. The van der Waals surface area contributed by atoms with Crippen molar-refractivity contribution in [3.05, 3.63) is 167 Å². The molecule has 0 spiro atoms. The molecule has 0 N–H and O–H groups in total. The summed E-state index contributed by atoms with van der Waals surface area (Å²) in [7, 11) is 0. The molecule has 0 unspecified atom stereocenters. The van der Waals surface area contributed by atoms with Crippen molar-refractivity contribution >= 4 is 53.9 Å². The number of rotatable bonds is 2. The van der Waals surface area contributed by atoms with E-state index in [0.29, 0.717) is 11.1 Å². The Labute approximate surface area is 330 Å². The second-order valence-corrected chi connectivity index (χ2v) is 16.0. The lowest BCUT2D eigenvalue weighted by atomic mass is 9.82. The highest BCUT2D eigenvalue weighted by Crippen LogP contribution is 2.57. The number of benzene rings is 10. The Kier molecular flexibility index (Phi) is 6.29. The zero-order valence-electron chi connectivity index (χ0n) is 31.7. The van der Waals surface area contributed by atoms with E-state index in [9.17, 15) is 10.5 Å². The largest absolute Gasteiger partial charge is 0.192 e. The molecule has 2 aliphatic carbocycles. The first-order chi connectivity index (χ1) is 27.9. The molecule has 57 heavy (non-hydrogen) atoms. The summed E-state index contributed by atoms with van der Waals surface area (Å²) >= 11 is 0. The minimum Gasteiger partial charge on any atom is -0.192 e. The maximum Gasteiger partial charge on any atom is 0.0998 e. The monoisotopic (exact) mass is 720 g/mol. The quantitative estimate of drug-likeness (QED) is 0.167. The SMILES string of the molecule is Cc1ccc(C#N)c(-c2c3c(cc4c2ccc2c5cc6c(c(-c7cc(C)ccc7C#N)c5ccc42)-c2ccc(C)c4cccc-6c24)-c2cccc4cccc-3c24)c1. The van der Waals surface area contributed by atoms with Crippen LogP contribution in [0.25, 0.3) is 121 Å². The smallest absolute Gasteiger partial charge is 0.0998 e. The summed E-state index contributed by atoms with van der Waals surface area (Å²) in [6.07, 6.45) is 0. The van der Waals surface area contributed by atoms with Gasteiger partial charge in [0.15, 0.2) is 0 Å². The third-order valence-corrected chi connectivity index (χ3v) is 12.9. The van der Waals surface area contributed by atoms with E-state index in [2.05, 4.69) is 148 Å². The lowest BCUT2D eigenvalue weighted by molar-refractivity contribution is 1.43. The van der Waals surface area contributed by atoms with Crippen molar-refractivity contribution in [2.24, 2.45) is 0 Å². The molecule has 2 heteroatoms. The predicted molar refractivity (Wildman–Crippen MR) is 237 cm³/mol. The fourth-order valence-corrected chi connectivity index (χ4v) is 10.4. The first-order valence-corrected chi connectivity index (χ1v) is 19.5. The van der Waals surface area contributed by atoms with Crippen LogP contribution in [0.4, 0.5) is 0 Å². The van der Waals surface area contributed by atoms with Gasteiger partial charge in [0.25, 0.3) is 0 Å². The van der Waals surface area contributed by atoms with Crippen LogP contribution in [0.15, 0.2) is 140 Å². The van der Waals surface area contributed by atoms with Crippen LogP contribution in [0.1, 0.15) is 27.8 Å². The van der Waals surface area contributed by atoms with E-state index in [1.807, 2.05) is 24.3 Å². The Morgan fingerprint density at radius 1 is 0.333 bits per heavy atom. The van der Waals surface area contributed by atoms with Gasteiger partial charge in [-0.2, -0.15) is 10.5 Å². The molecule has 0 amide bonds. The number of hydrogen-bond acceptors (Lipinski definition) is 2. The average Bonchev–Trinajstić information content (AvgIpc) is 3.74. The number of aryl methyl sites for hydroxylation is 3. The molecule has 0 aromatic heterocycles. The van der Waals surface area contributed by atoms with Gasteiger partial charge in [0.2, 0.25) is 0 Å². The second-order valence-electron chi connectivity index (χ2n) is 16.0. The normalized spacial score (nSPS) is 12.1. The molecule has 2 aliphatic rings. The van der Waals surface area contributed by atoms with Crippen molar-refractivity contribution < 1.29 is 0 Å². The van der Waals surface area contributed by atoms with E-state index in [1.54, 1.807) is 0 Å². The van der Waals surface area contributed by atoms with Crippen molar-refractivity contribution in [2.45, 2.75) is 20.8 Å². The summed E-state index contributed by atoms with van der Waals surface area (Å²) in [5.41, 5.74) is 18.7. The zero-order chi connectivity index (χ0) is 38.3. The molecule has 262 valence electrons. The first-order valence-electron chi connectivity index (χ1n) is 19.5. The van der Waals surface area contributed by atoms with Crippen molar-refractivity contribution in [1.29, 1.82) is 10.5 Å². The maximum absolute atomic E-state index is 10.5. The Morgan fingerprint density at radius 2 is 0.825 bits per heavy atom. The number of hydrogen-bond donors (Lipinski definition) is 0. The second kappa shape index (κ2) is 11.3. The van der Waals surface area contributed by atoms with Gasteiger partial charge >= 0.3 is 0 Å². The van der Waals surface area contributed by atoms with Gasteiger partial charge in [0.1, 0.15) is 0 Å². The Balaban J connectivity index is 1.26. The predicted octanol–water partition coefficient (Wildman–Crippen LogP) is 14.8. The van der Waals surface area contributed by atoms with Crippen molar-refractivity contribution in [1.82, 2.24) is 0 Å². The Hall–Kier alpha value is -7.52. The first kappa shape index (κ1) is 31.8. The van der Waals surface area contributed by atoms with Crippen LogP contribution < -0.4 is 0 Å². The van der Waals surface area contributed by atoms with Crippen LogP contribution in [-0.2, 0) is 0 Å². The van der Waals surface area contributed by atoms with Gasteiger partial charge in [0, 0.05) is 11.1 Å². The lowest BCUT2D eigenvalue weighted by Gasteiger charge is -2.20. The molecule has 0 bridgehead atoms. The minimum absolute atomic E-state index is 0.674. The highest BCUT2D eigenvalue weighted by Gasteiger charge is 2.31. The lowest BCUT2D eigenvalue weighted by Crippen LogP contribution is -1.95. The molecule has 0 aliphatic heterocycles. The van der Waals surface area contributed by atoms with Gasteiger partial charge in [-0.05, 0) is 160 Å². The molecular weight excluding hydrogens is 689 g/mol. The standard InChI is InChI=1S/C55H32N2/c1-29-13-16-33(27-56)44(23-29)52-40-21-19-37-36(46(40)25-48-38-10-4-7-32-8-5-12-42(50(32)38)54(48)52)20-22-41-47(37)26-49-39-11-6-9-35-31(3)15-18-43(51(35)39)55(49)53(41)45-24-30(2)14-17-34(45)28-57/h4-26H,1-3H3. The van der Waals surface area contributed by atoms with Gasteiger partial charge in [-0.15, -0.1) is 0 Å². The van der Waals surface area contributed by atoms with Gasteiger partial charge in [0.05, 0.1) is 23.3 Å². The van der Waals surface area contributed by atoms with E-state index >= 15 is 0 Å². The summed E-state index contributed by atoms with van der Waals surface area (Å²) in [5.74, 6) is 0. The molecule has 0 saturated heterocycles. The average molecular weight is 721 g/mol. The van der Waals surface area contributed by atoms with E-state index in [0.717, 1.165) is 54.9 Å². The summed E-state index contributed by atoms with van der Waals surface area (Å²) < 4.78 is 0. The third-order valence-electron chi connectivity index (χ3n) is 12.9. The van der Waals surface area contributed by atoms with Crippen LogP contribution >= 0.6 is 0 Å². The molecule has 0 radical (unpaired) electrons. The van der Waals surface area contributed by atoms with Crippen LogP contribution in [0, 0.1) is 43.4 Å². The van der Waals surface area contributed by atoms with E-state index in [-0.39, 0.29) is 0 Å². The summed E-state index contributed by atoms with van der Waals surface area (Å²) in [5, 5.41) is 33.0.